The molecule has 1 aromatic heterocycles. The minimum absolute atomic E-state index is 0.0226. The summed E-state index contributed by atoms with van der Waals surface area (Å²) >= 11 is 0. The summed E-state index contributed by atoms with van der Waals surface area (Å²) in [6.07, 6.45) is 2.93. The monoisotopic (exact) mass is 315 g/mol. The number of fused-ring (bicyclic) bond motifs is 1. The topological polar surface area (TPSA) is 81.5 Å². The van der Waals surface area contributed by atoms with E-state index in [9.17, 15) is 13.2 Å². The first-order valence-corrected chi connectivity index (χ1v) is 8.90. The van der Waals surface area contributed by atoms with Gasteiger partial charge >= 0.3 is 0 Å². The normalized spacial score (nSPS) is 18.6. The van der Waals surface area contributed by atoms with E-state index in [0.29, 0.717) is 19.7 Å². The van der Waals surface area contributed by atoms with E-state index in [-0.39, 0.29) is 24.1 Å². The highest BCUT2D eigenvalue weighted by atomic mass is 32.2. The Morgan fingerprint density at radius 3 is 2.81 bits per heavy atom. The number of sulfone groups is 1. The molecule has 0 aromatic carbocycles. The van der Waals surface area contributed by atoms with Crippen molar-refractivity contribution in [3.8, 4) is 0 Å². The number of carbonyl (C=O) groups excluding carboxylic acids is 1. The van der Waals surface area contributed by atoms with Crippen LogP contribution in [0.3, 0.4) is 0 Å². The van der Waals surface area contributed by atoms with Gasteiger partial charge in [0.2, 0.25) is 5.91 Å². The van der Waals surface area contributed by atoms with Gasteiger partial charge in [0.05, 0.1) is 30.3 Å². The largest absolute Gasteiger partial charge is 0.378 e. The van der Waals surface area contributed by atoms with E-state index < -0.39 is 9.84 Å². The lowest BCUT2D eigenvalue weighted by molar-refractivity contribution is -0.134. The van der Waals surface area contributed by atoms with Gasteiger partial charge in [0.25, 0.3) is 0 Å². The van der Waals surface area contributed by atoms with Crippen LogP contribution >= 0.6 is 0 Å². The summed E-state index contributed by atoms with van der Waals surface area (Å²) in [5.74, 6) is 0.565. The molecule has 0 fully saturated rings. The molecule has 0 N–H and O–H groups in total. The van der Waals surface area contributed by atoms with Gasteiger partial charge in [-0.2, -0.15) is 0 Å². The molecule has 1 unspecified atom stereocenters. The third-order valence-electron chi connectivity index (χ3n) is 3.67. The Labute approximate surface area is 124 Å². The summed E-state index contributed by atoms with van der Waals surface area (Å²) in [7, 11) is -1.49. The van der Waals surface area contributed by atoms with Crippen molar-refractivity contribution in [3.05, 3.63) is 17.7 Å². The summed E-state index contributed by atoms with van der Waals surface area (Å²) in [6, 6.07) is -0.156. The highest BCUT2D eigenvalue weighted by Gasteiger charge is 2.30. The average Bonchev–Trinajstić information content (AvgIpc) is 2.80. The molecule has 21 heavy (non-hydrogen) atoms. The van der Waals surface area contributed by atoms with Crippen LogP contribution in [-0.2, 0) is 32.5 Å². The molecule has 0 radical (unpaired) electrons. The third kappa shape index (κ3) is 3.62. The number of nitrogens with zero attached hydrogens (tertiary/aromatic N) is 3. The number of hydrogen-bond acceptors (Lipinski definition) is 5. The summed E-state index contributed by atoms with van der Waals surface area (Å²) < 4.78 is 29.5. The number of hydrogen-bond donors (Lipinski definition) is 0. The molecule has 0 saturated carbocycles. The molecule has 1 aliphatic heterocycles. The fourth-order valence-corrected chi connectivity index (χ4v) is 3.12. The number of amides is 1. The van der Waals surface area contributed by atoms with Crippen molar-refractivity contribution in [3.63, 3.8) is 0 Å². The van der Waals surface area contributed by atoms with Crippen LogP contribution in [0.25, 0.3) is 0 Å². The predicted molar refractivity (Wildman–Crippen MR) is 77.4 cm³/mol. The zero-order valence-corrected chi connectivity index (χ0v) is 13.4. The highest BCUT2D eigenvalue weighted by molar-refractivity contribution is 7.90. The van der Waals surface area contributed by atoms with Crippen LogP contribution in [0.15, 0.2) is 6.20 Å². The number of methoxy groups -OCH3 is 1. The zero-order valence-electron chi connectivity index (χ0n) is 12.6. The molecule has 8 heteroatoms. The van der Waals surface area contributed by atoms with Gasteiger partial charge in [-0.25, -0.2) is 13.4 Å². The Balaban J connectivity index is 2.10. The van der Waals surface area contributed by atoms with Crippen LogP contribution in [0, 0.1) is 0 Å². The lowest BCUT2D eigenvalue weighted by atomic mass is 10.2. The smallest absolute Gasteiger partial charge is 0.224 e. The molecule has 7 nitrogen and oxygen atoms in total. The molecule has 0 bridgehead atoms. The van der Waals surface area contributed by atoms with Crippen molar-refractivity contribution in [2.45, 2.75) is 32.5 Å². The van der Waals surface area contributed by atoms with Crippen molar-refractivity contribution >= 4 is 15.7 Å². The Morgan fingerprint density at radius 1 is 1.48 bits per heavy atom. The van der Waals surface area contributed by atoms with Crippen molar-refractivity contribution < 1.29 is 17.9 Å². The lowest BCUT2D eigenvalue weighted by Crippen LogP contribution is -2.42. The Hall–Kier alpha value is -1.41. The minimum Gasteiger partial charge on any atom is -0.378 e. The van der Waals surface area contributed by atoms with Crippen LogP contribution < -0.4 is 0 Å². The summed E-state index contributed by atoms with van der Waals surface area (Å²) in [5.41, 5.74) is 0.989. The summed E-state index contributed by atoms with van der Waals surface area (Å²) in [6.45, 7) is 3.61. The van der Waals surface area contributed by atoms with E-state index in [1.54, 1.807) is 18.2 Å². The van der Waals surface area contributed by atoms with Gasteiger partial charge in [-0.1, -0.05) is 0 Å². The molecular formula is C13H21N3O4S. The van der Waals surface area contributed by atoms with Gasteiger partial charge in [-0.3, -0.25) is 4.79 Å². The molecule has 1 amide bonds. The zero-order chi connectivity index (χ0) is 15.6. The Morgan fingerprint density at radius 2 is 2.19 bits per heavy atom. The van der Waals surface area contributed by atoms with E-state index in [0.717, 1.165) is 17.8 Å². The lowest BCUT2D eigenvalue weighted by Gasteiger charge is -2.34. The molecule has 1 aliphatic rings. The van der Waals surface area contributed by atoms with Crippen molar-refractivity contribution in [2.75, 3.05) is 25.7 Å². The van der Waals surface area contributed by atoms with Crippen molar-refractivity contribution in [1.82, 2.24) is 14.5 Å². The summed E-state index contributed by atoms with van der Waals surface area (Å²) in [4.78, 5) is 18.3. The fraction of sp³-hybridized carbons (Fsp3) is 0.692. The van der Waals surface area contributed by atoms with Gasteiger partial charge in [-0.05, 0) is 6.92 Å². The van der Waals surface area contributed by atoms with Crippen LogP contribution in [-0.4, -0.2) is 54.4 Å². The second kappa shape index (κ2) is 6.15. The van der Waals surface area contributed by atoms with Gasteiger partial charge in [0.15, 0.2) is 0 Å². The van der Waals surface area contributed by atoms with Crippen molar-refractivity contribution in [2.24, 2.45) is 0 Å². The predicted octanol–water partition coefficient (Wildman–Crippen LogP) is 0.367. The average molecular weight is 315 g/mol. The molecule has 118 valence electrons. The van der Waals surface area contributed by atoms with E-state index in [4.69, 9.17) is 4.74 Å². The highest BCUT2D eigenvalue weighted by Crippen LogP contribution is 2.26. The van der Waals surface area contributed by atoms with E-state index in [1.165, 1.54) is 0 Å². The van der Waals surface area contributed by atoms with Crippen LogP contribution in [0.4, 0.5) is 0 Å². The molecule has 0 aliphatic carbocycles. The van der Waals surface area contributed by atoms with E-state index in [2.05, 4.69) is 9.55 Å². The minimum atomic E-state index is -3.12. The summed E-state index contributed by atoms with van der Waals surface area (Å²) in [5, 5.41) is 0. The van der Waals surface area contributed by atoms with Crippen LogP contribution in [0.5, 0.6) is 0 Å². The first kappa shape index (κ1) is 16.0. The van der Waals surface area contributed by atoms with Gasteiger partial charge < -0.3 is 14.2 Å². The maximum Gasteiger partial charge on any atom is 0.224 e. The molecule has 0 saturated heterocycles. The number of carbonyl (C=O) groups is 1. The van der Waals surface area contributed by atoms with E-state index in [1.807, 2.05) is 6.92 Å². The maximum atomic E-state index is 12.2. The Bertz CT molecular complexity index is 623. The fourth-order valence-electron chi connectivity index (χ4n) is 2.58. The second-order valence-corrected chi connectivity index (χ2v) is 7.60. The third-order valence-corrected chi connectivity index (χ3v) is 4.62. The van der Waals surface area contributed by atoms with Gasteiger partial charge in [-0.15, -0.1) is 0 Å². The van der Waals surface area contributed by atoms with Crippen LogP contribution in [0.2, 0.25) is 0 Å². The van der Waals surface area contributed by atoms with E-state index >= 15 is 0 Å². The molecule has 2 heterocycles. The molecule has 2 rings (SSSR count). The van der Waals surface area contributed by atoms with Crippen LogP contribution in [0.1, 0.15) is 30.9 Å². The standard InChI is InChI=1S/C13H21N3O4S/c1-10-13-14-8-11(9-20-2)16(13)6-5-15(10)12(17)4-7-21(3,18)19/h8,10H,4-7,9H2,1-3H3. The number of aromatic nitrogens is 2. The van der Waals surface area contributed by atoms with Crippen molar-refractivity contribution in [1.29, 1.82) is 0 Å². The molecule has 1 aromatic rings. The first-order valence-electron chi connectivity index (χ1n) is 6.84. The molecular weight excluding hydrogens is 294 g/mol. The quantitative estimate of drug-likeness (QED) is 0.784. The molecule has 0 spiro atoms. The maximum absolute atomic E-state index is 12.2. The first-order chi connectivity index (χ1) is 9.83. The SMILES string of the molecule is COCc1cnc2n1CCN(C(=O)CCS(C)(=O)=O)C2C. The number of ether oxygens (including phenoxy) is 1. The molecule has 1 atom stereocenters. The second-order valence-electron chi connectivity index (χ2n) is 5.34. The number of imidazole rings is 1. The number of rotatable bonds is 5. The van der Waals surface area contributed by atoms with Gasteiger partial charge in [0.1, 0.15) is 15.7 Å². The Kier molecular flexibility index (Phi) is 4.67. The van der Waals surface area contributed by atoms with Gasteiger partial charge in [0, 0.05) is 32.9 Å².